The summed E-state index contributed by atoms with van der Waals surface area (Å²) in [5.74, 6) is 0.902. The van der Waals surface area contributed by atoms with E-state index in [4.69, 9.17) is 9.47 Å². The van der Waals surface area contributed by atoms with Crippen LogP contribution in [0.3, 0.4) is 0 Å². The molecule has 1 saturated carbocycles. The van der Waals surface area contributed by atoms with Gasteiger partial charge in [-0.25, -0.2) is 0 Å². The lowest BCUT2D eigenvalue weighted by Gasteiger charge is -2.30. The summed E-state index contributed by atoms with van der Waals surface area (Å²) in [6, 6.07) is 0. The van der Waals surface area contributed by atoms with Crippen molar-refractivity contribution in [3.8, 4) is 0 Å². The van der Waals surface area contributed by atoms with Gasteiger partial charge in [-0.3, -0.25) is 4.99 Å². The summed E-state index contributed by atoms with van der Waals surface area (Å²) in [6.45, 7) is 9.25. The van der Waals surface area contributed by atoms with Crippen LogP contribution in [0.2, 0.25) is 0 Å². The van der Waals surface area contributed by atoms with Crippen LogP contribution in [-0.4, -0.2) is 52.5 Å². The Morgan fingerprint density at radius 2 is 1.73 bits per heavy atom. The summed E-state index contributed by atoms with van der Waals surface area (Å²) in [6.07, 6.45) is 7.43. The minimum Gasteiger partial charge on any atom is -0.382 e. The third-order valence-corrected chi connectivity index (χ3v) is 4.46. The quantitative estimate of drug-likeness (QED) is 0.350. The van der Waals surface area contributed by atoms with Crippen LogP contribution in [0, 0.1) is 5.41 Å². The van der Waals surface area contributed by atoms with Crippen molar-refractivity contribution in [3.05, 3.63) is 0 Å². The highest BCUT2D eigenvalue weighted by atomic mass is 16.5. The summed E-state index contributed by atoms with van der Waals surface area (Å²) >= 11 is 0. The largest absolute Gasteiger partial charge is 0.382 e. The molecule has 1 rings (SSSR count). The molecule has 1 aliphatic rings. The molecule has 2 N–H and O–H groups in total. The highest BCUT2D eigenvalue weighted by molar-refractivity contribution is 5.79. The molecule has 0 spiro atoms. The Morgan fingerprint density at radius 3 is 2.36 bits per heavy atom. The van der Waals surface area contributed by atoms with Gasteiger partial charge in [0.15, 0.2) is 5.96 Å². The van der Waals surface area contributed by atoms with E-state index in [9.17, 15) is 0 Å². The molecule has 0 atom stereocenters. The van der Waals surface area contributed by atoms with E-state index in [0.717, 1.165) is 58.3 Å². The van der Waals surface area contributed by atoms with Crippen molar-refractivity contribution in [1.82, 2.24) is 10.6 Å². The lowest BCUT2D eigenvalue weighted by molar-refractivity contribution is 0.105. The van der Waals surface area contributed by atoms with Gasteiger partial charge < -0.3 is 20.1 Å². The number of nitrogens with one attached hydrogen (secondary N) is 2. The van der Waals surface area contributed by atoms with Gasteiger partial charge in [-0.05, 0) is 44.9 Å². The summed E-state index contributed by atoms with van der Waals surface area (Å²) in [5.41, 5.74) is 0.387. The van der Waals surface area contributed by atoms with Gasteiger partial charge in [-0.15, -0.1) is 0 Å². The van der Waals surface area contributed by atoms with Crippen molar-refractivity contribution < 1.29 is 9.47 Å². The number of rotatable bonds is 11. The second kappa shape index (κ2) is 11.7. The minimum absolute atomic E-state index is 0.387. The number of hydrogen-bond acceptors (Lipinski definition) is 3. The zero-order valence-electron chi connectivity index (χ0n) is 14.7. The molecule has 0 amide bonds. The Kier molecular flexibility index (Phi) is 10.2. The predicted octanol–water partition coefficient (Wildman–Crippen LogP) is 2.57. The van der Waals surface area contributed by atoms with E-state index in [1.165, 1.54) is 25.7 Å². The predicted molar refractivity (Wildman–Crippen MR) is 92.5 cm³/mol. The number of guanidine groups is 1. The molecule has 0 bridgehead atoms. The average molecular weight is 313 g/mol. The summed E-state index contributed by atoms with van der Waals surface area (Å²) in [5, 5.41) is 6.88. The molecule has 0 aliphatic heterocycles. The van der Waals surface area contributed by atoms with Gasteiger partial charge in [-0.2, -0.15) is 0 Å². The van der Waals surface area contributed by atoms with Crippen LogP contribution < -0.4 is 10.6 Å². The molecule has 130 valence electrons. The Hall–Kier alpha value is -0.810. The first-order valence-electron chi connectivity index (χ1n) is 8.86. The molecule has 1 aliphatic carbocycles. The van der Waals surface area contributed by atoms with E-state index in [2.05, 4.69) is 22.5 Å². The van der Waals surface area contributed by atoms with Gasteiger partial charge in [-0.1, -0.05) is 12.8 Å². The number of hydrogen-bond donors (Lipinski definition) is 2. The van der Waals surface area contributed by atoms with Crippen LogP contribution in [-0.2, 0) is 9.47 Å². The third kappa shape index (κ3) is 7.45. The minimum atomic E-state index is 0.387. The topological polar surface area (TPSA) is 54.9 Å². The van der Waals surface area contributed by atoms with Crippen LogP contribution in [0.5, 0.6) is 0 Å². The molecule has 5 heteroatoms. The SMILES string of the molecule is CCOCCCNC(=NC)NCC1(CCOCC)CCCC1. The molecule has 0 aromatic heterocycles. The molecule has 0 radical (unpaired) electrons. The summed E-state index contributed by atoms with van der Waals surface area (Å²) in [7, 11) is 1.83. The highest BCUT2D eigenvalue weighted by Gasteiger charge is 2.33. The first-order chi connectivity index (χ1) is 10.8. The van der Waals surface area contributed by atoms with E-state index in [-0.39, 0.29) is 0 Å². The molecular formula is C17H35N3O2. The zero-order valence-corrected chi connectivity index (χ0v) is 14.7. The fourth-order valence-electron chi connectivity index (χ4n) is 3.09. The second-order valence-electron chi connectivity index (χ2n) is 6.06. The van der Waals surface area contributed by atoms with Crippen LogP contribution >= 0.6 is 0 Å². The molecule has 0 saturated heterocycles. The van der Waals surface area contributed by atoms with Crippen molar-refractivity contribution in [2.24, 2.45) is 10.4 Å². The molecule has 5 nitrogen and oxygen atoms in total. The van der Waals surface area contributed by atoms with Crippen molar-refractivity contribution in [1.29, 1.82) is 0 Å². The summed E-state index contributed by atoms with van der Waals surface area (Å²) < 4.78 is 10.9. The molecule has 0 aromatic carbocycles. The Bertz CT molecular complexity index is 302. The maximum Gasteiger partial charge on any atom is 0.190 e. The van der Waals surface area contributed by atoms with Gasteiger partial charge >= 0.3 is 0 Å². The number of aliphatic imine (C=N–C) groups is 1. The maximum absolute atomic E-state index is 5.57. The second-order valence-corrected chi connectivity index (χ2v) is 6.06. The van der Waals surface area contributed by atoms with Gasteiger partial charge in [0.1, 0.15) is 0 Å². The van der Waals surface area contributed by atoms with Crippen molar-refractivity contribution in [2.45, 2.75) is 52.4 Å². The van der Waals surface area contributed by atoms with E-state index in [1.54, 1.807) is 0 Å². The summed E-state index contributed by atoms with van der Waals surface area (Å²) in [4.78, 5) is 4.32. The molecule has 0 heterocycles. The average Bonchev–Trinajstić information content (AvgIpc) is 2.99. The van der Waals surface area contributed by atoms with Crippen molar-refractivity contribution in [2.75, 3.05) is 46.6 Å². The van der Waals surface area contributed by atoms with E-state index < -0.39 is 0 Å². The van der Waals surface area contributed by atoms with Crippen LogP contribution in [0.4, 0.5) is 0 Å². The van der Waals surface area contributed by atoms with Gasteiger partial charge in [0.05, 0.1) is 0 Å². The Labute approximate surface area is 136 Å². The number of ether oxygens (including phenoxy) is 2. The van der Waals surface area contributed by atoms with Gasteiger partial charge in [0, 0.05) is 46.6 Å². The van der Waals surface area contributed by atoms with E-state index >= 15 is 0 Å². The van der Waals surface area contributed by atoms with Crippen LogP contribution in [0.25, 0.3) is 0 Å². The molecule has 0 aromatic rings. The normalized spacial score (nSPS) is 17.7. The molecule has 0 unspecified atom stereocenters. The first kappa shape index (κ1) is 19.2. The van der Waals surface area contributed by atoms with E-state index in [0.29, 0.717) is 5.41 Å². The zero-order chi connectivity index (χ0) is 16.1. The Balaban J connectivity index is 2.29. The van der Waals surface area contributed by atoms with Crippen LogP contribution in [0.15, 0.2) is 4.99 Å². The maximum atomic E-state index is 5.57. The van der Waals surface area contributed by atoms with Crippen molar-refractivity contribution in [3.63, 3.8) is 0 Å². The lowest BCUT2D eigenvalue weighted by Crippen LogP contribution is -2.43. The standard InChI is InChI=1S/C17H35N3O2/c1-4-21-13-8-12-19-16(18-3)20-15-17(9-6-7-10-17)11-14-22-5-2/h4-15H2,1-3H3,(H2,18,19,20). The van der Waals surface area contributed by atoms with Gasteiger partial charge in [0.2, 0.25) is 0 Å². The monoisotopic (exact) mass is 313 g/mol. The lowest BCUT2D eigenvalue weighted by atomic mass is 9.83. The Morgan fingerprint density at radius 1 is 1.05 bits per heavy atom. The van der Waals surface area contributed by atoms with Gasteiger partial charge in [0.25, 0.3) is 0 Å². The van der Waals surface area contributed by atoms with Crippen LogP contribution in [0.1, 0.15) is 52.4 Å². The molecule has 1 fully saturated rings. The third-order valence-electron chi connectivity index (χ3n) is 4.46. The van der Waals surface area contributed by atoms with E-state index in [1.807, 2.05) is 14.0 Å². The first-order valence-corrected chi connectivity index (χ1v) is 8.86. The highest BCUT2D eigenvalue weighted by Crippen LogP contribution is 2.40. The smallest absolute Gasteiger partial charge is 0.190 e. The molecular weight excluding hydrogens is 278 g/mol. The van der Waals surface area contributed by atoms with Crippen molar-refractivity contribution >= 4 is 5.96 Å². The number of nitrogens with zero attached hydrogens (tertiary/aromatic N) is 1. The fraction of sp³-hybridized carbons (Fsp3) is 0.941. The molecule has 22 heavy (non-hydrogen) atoms. The fourth-order valence-corrected chi connectivity index (χ4v) is 3.09.